The summed E-state index contributed by atoms with van der Waals surface area (Å²) in [7, 11) is 0. The van der Waals surface area contributed by atoms with Crippen molar-refractivity contribution in [2.24, 2.45) is 0 Å². The number of aromatic nitrogens is 1. The maximum absolute atomic E-state index is 11.6. The van der Waals surface area contributed by atoms with E-state index in [9.17, 15) is 4.79 Å². The van der Waals surface area contributed by atoms with E-state index in [1.165, 1.54) is 0 Å². The van der Waals surface area contributed by atoms with Crippen molar-refractivity contribution in [2.75, 3.05) is 11.4 Å². The fourth-order valence-electron chi connectivity index (χ4n) is 1.47. The topological polar surface area (TPSA) is 33.2 Å². The van der Waals surface area contributed by atoms with Gasteiger partial charge in [-0.1, -0.05) is 0 Å². The molecule has 1 aliphatic heterocycles. The Balaban J connectivity index is 2.34. The third-order valence-corrected chi connectivity index (χ3v) is 3.64. The normalized spacial score (nSPS) is 21.1. The molecule has 80 valence electrons. The van der Waals surface area contributed by atoms with Crippen LogP contribution in [0.1, 0.15) is 6.42 Å². The molecule has 1 aromatic rings. The summed E-state index contributed by atoms with van der Waals surface area (Å²) in [6.07, 6.45) is 2.09. The van der Waals surface area contributed by atoms with Crippen LogP contribution in [-0.4, -0.2) is 22.8 Å². The van der Waals surface area contributed by atoms with Gasteiger partial charge in [0, 0.05) is 23.6 Å². The molecule has 0 N–H and O–H groups in total. The second-order valence-electron chi connectivity index (χ2n) is 3.26. The van der Waals surface area contributed by atoms with Crippen LogP contribution in [0.2, 0.25) is 0 Å². The first-order valence-corrected chi connectivity index (χ1v) is 6.64. The van der Waals surface area contributed by atoms with E-state index in [4.69, 9.17) is 11.6 Å². The number of anilines is 1. The fraction of sp³-hybridized carbons (Fsp3) is 0.333. The van der Waals surface area contributed by atoms with Gasteiger partial charge in [0.15, 0.2) is 0 Å². The number of halogens is 3. The Labute approximate surface area is 114 Å². The first kappa shape index (κ1) is 11.6. The van der Waals surface area contributed by atoms with Gasteiger partial charge in [-0.05, 0) is 44.6 Å². The lowest BCUT2D eigenvalue weighted by atomic mass is 10.4. The molecule has 0 bridgehead atoms. The summed E-state index contributed by atoms with van der Waals surface area (Å²) in [6, 6.07) is 1.93. The van der Waals surface area contributed by atoms with Gasteiger partial charge < -0.3 is 0 Å². The summed E-state index contributed by atoms with van der Waals surface area (Å²) < 4.78 is 1.85. The van der Waals surface area contributed by atoms with Gasteiger partial charge in [0.1, 0.15) is 5.82 Å². The van der Waals surface area contributed by atoms with Gasteiger partial charge in [0.2, 0.25) is 5.91 Å². The molecule has 1 unspecified atom stereocenters. The van der Waals surface area contributed by atoms with Crippen molar-refractivity contribution in [1.29, 1.82) is 0 Å². The van der Waals surface area contributed by atoms with Crippen LogP contribution in [0.5, 0.6) is 0 Å². The van der Waals surface area contributed by atoms with Crippen LogP contribution in [-0.2, 0) is 4.79 Å². The Bertz CT molecular complexity index is 415. The largest absolute Gasteiger partial charge is 0.294 e. The van der Waals surface area contributed by atoms with Crippen molar-refractivity contribution in [1.82, 2.24) is 4.98 Å². The molecular weight excluding hydrogens is 394 g/mol. The van der Waals surface area contributed by atoms with Crippen molar-refractivity contribution in [3.05, 3.63) is 20.3 Å². The average molecular weight is 401 g/mol. The molecule has 1 fully saturated rings. The molecule has 0 aromatic carbocycles. The lowest BCUT2D eigenvalue weighted by Crippen LogP contribution is -2.26. The van der Waals surface area contributed by atoms with Crippen molar-refractivity contribution < 1.29 is 4.79 Å². The minimum absolute atomic E-state index is 0.0442. The van der Waals surface area contributed by atoms with E-state index in [1.807, 2.05) is 6.07 Å². The zero-order chi connectivity index (χ0) is 11.0. The van der Waals surface area contributed by atoms with E-state index in [2.05, 4.69) is 43.5 Å². The van der Waals surface area contributed by atoms with Crippen LogP contribution in [0, 0.1) is 3.57 Å². The summed E-state index contributed by atoms with van der Waals surface area (Å²) >= 11 is 11.4. The minimum atomic E-state index is -0.0984. The van der Waals surface area contributed by atoms with Crippen LogP contribution in [0.4, 0.5) is 5.82 Å². The highest BCUT2D eigenvalue weighted by Gasteiger charge is 2.30. The van der Waals surface area contributed by atoms with Gasteiger partial charge >= 0.3 is 0 Å². The maximum atomic E-state index is 11.6. The highest BCUT2D eigenvalue weighted by molar-refractivity contribution is 14.1. The Hall–Kier alpha value is 0.120. The molecule has 15 heavy (non-hydrogen) atoms. The number of alkyl halides is 1. The third-order valence-electron chi connectivity index (χ3n) is 2.12. The van der Waals surface area contributed by atoms with Crippen LogP contribution < -0.4 is 4.90 Å². The minimum Gasteiger partial charge on any atom is -0.294 e. The quantitative estimate of drug-likeness (QED) is 0.536. The first-order chi connectivity index (χ1) is 7.08. The molecule has 0 saturated carbocycles. The maximum Gasteiger partial charge on any atom is 0.229 e. The molecular formula is C9H7BrClIN2O. The number of carbonyl (C=O) groups is 1. The summed E-state index contributed by atoms with van der Waals surface area (Å²) in [5, 5.41) is -0.0984. The summed E-state index contributed by atoms with van der Waals surface area (Å²) in [4.78, 5) is 17.5. The molecule has 1 atom stereocenters. The molecule has 2 rings (SSSR count). The molecule has 1 amide bonds. The molecule has 3 nitrogen and oxygen atoms in total. The molecule has 6 heteroatoms. The molecule has 1 aromatic heterocycles. The van der Waals surface area contributed by atoms with Gasteiger partial charge in [-0.25, -0.2) is 4.98 Å². The van der Waals surface area contributed by atoms with Gasteiger partial charge in [0.25, 0.3) is 0 Å². The Kier molecular flexibility index (Phi) is 3.52. The van der Waals surface area contributed by atoms with Gasteiger partial charge in [-0.3, -0.25) is 9.69 Å². The second-order valence-corrected chi connectivity index (χ2v) is 5.96. The highest BCUT2D eigenvalue weighted by atomic mass is 127. The van der Waals surface area contributed by atoms with E-state index in [-0.39, 0.29) is 11.3 Å². The summed E-state index contributed by atoms with van der Waals surface area (Å²) in [5.41, 5.74) is 0. The third kappa shape index (κ3) is 2.45. The van der Waals surface area contributed by atoms with E-state index in [0.29, 0.717) is 18.8 Å². The van der Waals surface area contributed by atoms with E-state index >= 15 is 0 Å². The Morgan fingerprint density at radius 2 is 2.40 bits per heavy atom. The number of pyridine rings is 1. The lowest BCUT2D eigenvalue weighted by Gasteiger charge is -2.16. The van der Waals surface area contributed by atoms with E-state index < -0.39 is 0 Å². The average Bonchev–Trinajstić information content (AvgIpc) is 2.45. The standard InChI is InChI=1S/C9H7BrClIN2O/c10-5-1-7(12)9(13-3-5)14-4-6(11)2-8(14)15/h1,3,6H,2,4H2. The zero-order valence-corrected chi connectivity index (χ0v) is 12.1. The molecule has 1 saturated heterocycles. The monoisotopic (exact) mass is 400 g/mol. The Morgan fingerprint density at radius 3 is 2.93 bits per heavy atom. The van der Waals surface area contributed by atoms with Crippen molar-refractivity contribution in [3.8, 4) is 0 Å². The predicted molar refractivity (Wildman–Crippen MR) is 71.3 cm³/mol. The lowest BCUT2D eigenvalue weighted by molar-refractivity contribution is -0.117. The predicted octanol–water partition coefficient (Wildman–Crippen LogP) is 2.79. The number of hydrogen-bond donors (Lipinski definition) is 0. The molecule has 1 aliphatic rings. The smallest absolute Gasteiger partial charge is 0.229 e. The molecule has 0 aliphatic carbocycles. The molecule has 0 radical (unpaired) electrons. The zero-order valence-electron chi connectivity index (χ0n) is 7.58. The van der Waals surface area contributed by atoms with E-state index in [0.717, 1.165) is 8.04 Å². The number of rotatable bonds is 1. The number of hydrogen-bond acceptors (Lipinski definition) is 2. The summed E-state index contributed by atoms with van der Waals surface area (Å²) in [6.45, 7) is 0.547. The number of amides is 1. The van der Waals surface area contributed by atoms with Crippen LogP contribution in [0.25, 0.3) is 0 Å². The Morgan fingerprint density at radius 1 is 1.67 bits per heavy atom. The summed E-state index contributed by atoms with van der Waals surface area (Å²) in [5.74, 6) is 0.745. The van der Waals surface area contributed by atoms with Gasteiger partial charge in [-0.2, -0.15) is 0 Å². The fourth-order valence-corrected chi connectivity index (χ4v) is 3.27. The highest BCUT2D eigenvalue weighted by Crippen LogP contribution is 2.28. The molecule has 2 heterocycles. The van der Waals surface area contributed by atoms with Crippen LogP contribution in [0.15, 0.2) is 16.7 Å². The van der Waals surface area contributed by atoms with Crippen LogP contribution in [0.3, 0.4) is 0 Å². The molecule has 0 spiro atoms. The second kappa shape index (κ2) is 4.55. The van der Waals surface area contributed by atoms with Crippen molar-refractivity contribution >= 4 is 61.8 Å². The van der Waals surface area contributed by atoms with Crippen molar-refractivity contribution in [2.45, 2.75) is 11.8 Å². The van der Waals surface area contributed by atoms with Gasteiger partial charge in [0.05, 0.1) is 8.95 Å². The number of carbonyl (C=O) groups excluding carboxylic acids is 1. The number of nitrogens with zero attached hydrogens (tertiary/aromatic N) is 2. The van der Waals surface area contributed by atoms with Crippen molar-refractivity contribution in [3.63, 3.8) is 0 Å². The SMILES string of the molecule is O=C1CC(Cl)CN1c1ncc(Br)cc1I. The van der Waals surface area contributed by atoms with Crippen LogP contribution >= 0.6 is 50.1 Å². The van der Waals surface area contributed by atoms with E-state index in [1.54, 1.807) is 11.1 Å². The van der Waals surface area contributed by atoms with Gasteiger partial charge in [-0.15, -0.1) is 11.6 Å². The first-order valence-electron chi connectivity index (χ1n) is 4.33.